The molecule has 160 valence electrons. The van der Waals surface area contributed by atoms with E-state index in [9.17, 15) is 4.79 Å². The Hall–Kier alpha value is -3.74. The van der Waals surface area contributed by atoms with E-state index in [4.69, 9.17) is 9.97 Å². The molecule has 2 aromatic carbocycles. The Kier molecular flexibility index (Phi) is 4.60. The van der Waals surface area contributed by atoms with Crippen LogP contribution < -0.4 is 4.90 Å². The molecular formula is C25H24N6O. The number of likely N-dealkylation sites (tertiary alicyclic amines) is 1. The smallest absolute Gasteiger partial charge is 0.289 e. The van der Waals surface area contributed by atoms with Crippen LogP contribution in [0.15, 0.2) is 67.0 Å². The van der Waals surface area contributed by atoms with Gasteiger partial charge in [0.2, 0.25) is 0 Å². The molecule has 1 N–H and O–H groups in total. The highest BCUT2D eigenvalue weighted by atomic mass is 16.2. The van der Waals surface area contributed by atoms with E-state index in [1.165, 1.54) is 5.56 Å². The van der Waals surface area contributed by atoms with Gasteiger partial charge in [0.25, 0.3) is 5.91 Å². The Morgan fingerprint density at radius 1 is 0.969 bits per heavy atom. The molecule has 0 bridgehead atoms. The summed E-state index contributed by atoms with van der Waals surface area (Å²) in [7, 11) is 0. The monoisotopic (exact) mass is 424 g/mol. The summed E-state index contributed by atoms with van der Waals surface area (Å²) in [5.74, 6) is 1.47. The van der Waals surface area contributed by atoms with Crippen LogP contribution in [0.5, 0.6) is 0 Å². The third kappa shape index (κ3) is 3.21. The summed E-state index contributed by atoms with van der Waals surface area (Å²) in [5.41, 5.74) is 4.00. The number of imidazole rings is 1. The van der Waals surface area contributed by atoms with Crippen LogP contribution in [0.1, 0.15) is 46.7 Å². The van der Waals surface area contributed by atoms with E-state index >= 15 is 0 Å². The Morgan fingerprint density at radius 2 is 1.75 bits per heavy atom. The fourth-order valence-corrected chi connectivity index (χ4v) is 4.91. The number of H-pyrrole nitrogens is 1. The number of rotatable bonds is 4. The van der Waals surface area contributed by atoms with E-state index in [0.717, 1.165) is 41.9 Å². The maximum absolute atomic E-state index is 12.9. The van der Waals surface area contributed by atoms with Gasteiger partial charge in [0.05, 0.1) is 22.8 Å². The average molecular weight is 425 g/mol. The van der Waals surface area contributed by atoms with E-state index in [-0.39, 0.29) is 11.8 Å². The van der Waals surface area contributed by atoms with Crippen LogP contribution in [-0.4, -0.2) is 50.4 Å². The number of carbonyl (C=O) groups excluding carboxylic acids is 1. The third-order valence-electron chi connectivity index (χ3n) is 6.56. The third-order valence-corrected chi connectivity index (χ3v) is 6.56. The quantitative estimate of drug-likeness (QED) is 0.537. The normalized spacial score (nSPS) is 18.8. The first-order valence-electron chi connectivity index (χ1n) is 11.1. The van der Waals surface area contributed by atoms with Gasteiger partial charge < -0.3 is 14.8 Å². The number of hydrogen-bond acceptors (Lipinski definition) is 5. The molecule has 7 heteroatoms. The van der Waals surface area contributed by atoms with Crippen LogP contribution in [0, 0.1) is 0 Å². The minimum atomic E-state index is -0.0637. The first kappa shape index (κ1) is 19.0. The van der Waals surface area contributed by atoms with Crippen LogP contribution >= 0.6 is 0 Å². The van der Waals surface area contributed by atoms with Crippen molar-refractivity contribution in [1.82, 2.24) is 24.8 Å². The molecule has 2 aromatic heterocycles. The van der Waals surface area contributed by atoms with Crippen molar-refractivity contribution < 1.29 is 4.79 Å². The molecule has 4 aromatic rings. The standard InChI is InChI=1S/C25H24N6O/c32-25(23-28-19-9-4-5-10-20(19)29-23)30-15-18(16-30)22-24(27-13-12-26-22)31-14-6-11-21(31)17-7-2-1-3-8-17/h1-5,7-10,12-13,18,21H,6,11,14-16H2,(H,28,29)/t21-/m0/s1. The van der Waals surface area contributed by atoms with Gasteiger partial charge in [-0.25, -0.2) is 9.97 Å². The van der Waals surface area contributed by atoms with E-state index in [1.54, 1.807) is 12.4 Å². The van der Waals surface area contributed by atoms with Crippen molar-refractivity contribution in [2.75, 3.05) is 24.5 Å². The lowest BCUT2D eigenvalue weighted by Gasteiger charge is -2.40. The summed E-state index contributed by atoms with van der Waals surface area (Å²) >= 11 is 0. The molecule has 4 heterocycles. The molecule has 1 atom stereocenters. The molecule has 0 saturated carbocycles. The van der Waals surface area contributed by atoms with E-state index in [1.807, 2.05) is 29.2 Å². The van der Waals surface area contributed by atoms with Gasteiger partial charge in [-0.2, -0.15) is 0 Å². The highest BCUT2D eigenvalue weighted by molar-refractivity contribution is 5.94. The first-order valence-corrected chi connectivity index (χ1v) is 11.1. The summed E-state index contributed by atoms with van der Waals surface area (Å²) in [6.07, 6.45) is 5.78. The number of nitrogens with zero attached hydrogens (tertiary/aromatic N) is 5. The molecule has 2 saturated heterocycles. The van der Waals surface area contributed by atoms with Crippen molar-refractivity contribution in [3.63, 3.8) is 0 Å². The van der Waals surface area contributed by atoms with Crippen molar-refractivity contribution in [3.05, 3.63) is 84.1 Å². The SMILES string of the molecule is O=C(c1nc2ccccc2[nH]1)N1CC(c2nccnc2N2CCC[C@H]2c2ccccc2)C1. The highest BCUT2D eigenvalue weighted by Gasteiger charge is 2.38. The maximum Gasteiger partial charge on any atom is 0.289 e. The van der Waals surface area contributed by atoms with Crippen molar-refractivity contribution in [1.29, 1.82) is 0 Å². The number of benzene rings is 2. The second kappa shape index (κ2) is 7.75. The molecular weight excluding hydrogens is 400 g/mol. The minimum Gasteiger partial charge on any atom is -0.348 e. The molecule has 0 spiro atoms. The van der Waals surface area contributed by atoms with Crippen LogP contribution in [0.2, 0.25) is 0 Å². The zero-order valence-electron chi connectivity index (χ0n) is 17.7. The Morgan fingerprint density at radius 3 is 2.59 bits per heavy atom. The van der Waals surface area contributed by atoms with Gasteiger partial charge in [0.1, 0.15) is 0 Å². The largest absolute Gasteiger partial charge is 0.348 e. The molecule has 2 fully saturated rings. The zero-order valence-corrected chi connectivity index (χ0v) is 17.7. The second-order valence-corrected chi connectivity index (χ2v) is 8.54. The molecule has 32 heavy (non-hydrogen) atoms. The molecule has 0 aliphatic carbocycles. The number of amides is 1. The van der Waals surface area contributed by atoms with Gasteiger partial charge >= 0.3 is 0 Å². The van der Waals surface area contributed by atoms with Crippen LogP contribution in [0.3, 0.4) is 0 Å². The number of carbonyl (C=O) groups is 1. The lowest BCUT2D eigenvalue weighted by atomic mass is 9.95. The summed E-state index contributed by atoms with van der Waals surface area (Å²) in [6, 6.07) is 18.6. The number of fused-ring (bicyclic) bond motifs is 1. The molecule has 6 rings (SSSR count). The molecule has 0 radical (unpaired) electrons. The lowest BCUT2D eigenvalue weighted by molar-refractivity contribution is 0.0587. The van der Waals surface area contributed by atoms with Crippen LogP contribution in [0.25, 0.3) is 11.0 Å². The van der Waals surface area contributed by atoms with Crippen molar-refractivity contribution in [2.24, 2.45) is 0 Å². The number of anilines is 1. The van der Waals surface area contributed by atoms with Gasteiger partial charge in [-0.05, 0) is 30.5 Å². The minimum absolute atomic E-state index is 0.0637. The summed E-state index contributed by atoms with van der Waals surface area (Å²) in [5, 5.41) is 0. The summed E-state index contributed by atoms with van der Waals surface area (Å²) in [6.45, 7) is 2.23. The van der Waals surface area contributed by atoms with Crippen LogP contribution in [-0.2, 0) is 0 Å². The lowest BCUT2D eigenvalue weighted by Crippen LogP contribution is -2.49. The van der Waals surface area contributed by atoms with Crippen molar-refractivity contribution in [3.8, 4) is 0 Å². The number of aromatic amines is 1. The topological polar surface area (TPSA) is 78.0 Å². The van der Waals surface area contributed by atoms with Crippen molar-refractivity contribution in [2.45, 2.75) is 24.8 Å². The fourth-order valence-electron chi connectivity index (χ4n) is 4.91. The van der Waals surface area contributed by atoms with Crippen molar-refractivity contribution >= 4 is 22.8 Å². The van der Waals surface area contributed by atoms with Gasteiger partial charge in [-0.1, -0.05) is 42.5 Å². The Balaban J connectivity index is 1.21. The molecule has 7 nitrogen and oxygen atoms in total. The van der Waals surface area contributed by atoms with Gasteiger partial charge in [0, 0.05) is 37.9 Å². The first-order chi connectivity index (χ1) is 15.8. The molecule has 2 aliphatic heterocycles. The van der Waals surface area contributed by atoms with Gasteiger partial charge in [0.15, 0.2) is 11.6 Å². The van der Waals surface area contributed by atoms with E-state index in [0.29, 0.717) is 25.0 Å². The zero-order chi connectivity index (χ0) is 21.5. The Bertz CT molecular complexity index is 1230. The number of hydrogen-bond donors (Lipinski definition) is 1. The number of aromatic nitrogens is 4. The summed E-state index contributed by atoms with van der Waals surface area (Å²) < 4.78 is 0. The Labute approximate surface area is 186 Å². The molecule has 0 unspecified atom stereocenters. The highest BCUT2D eigenvalue weighted by Crippen LogP contribution is 2.39. The maximum atomic E-state index is 12.9. The van der Waals surface area contributed by atoms with E-state index in [2.05, 4.69) is 45.2 Å². The fraction of sp³-hybridized carbons (Fsp3) is 0.280. The predicted molar refractivity (Wildman–Crippen MR) is 123 cm³/mol. The number of nitrogens with one attached hydrogen (secondary N) is 1. The summed E-state index contributed by atoms with van der Waals surface area (Å²) in [4.78, 5) is 34.2. The van der Waals surface area contributed by atoms with Crippen LogP contribution in [0.4, 0.5) is 5.82 Å². The average Bonchev–Trinajstić information content (AvgIpc) is 3.46. The van der Waals surface area contributed by atoms with Gasteiger partial charge in [-0.15, -0.1) is 0 Å². The second-order valence-electron chi connectivity index (χ2n) is 8.54. The van der Waals surface area contributed by atoms with E-state index < -0.39 is 0 Å². The molecule has 1 amide bonds. The number of para-hydroxylation sites is 2. The predicted octanol–water partition coefficient (Wildman–Crippen LogP) is 3.93. The molecule has 2 aliphatic rings. The van der Waals surface area contributed by atoms with Gasteiger partial charge in [-0.3, -0.25) is 9.78 Å².